The predicted octanol–water partition coefficient (Wildman–Crippen LogP) is -0.510. The largest absolute Gasteiger partial charge is 0.328 e. The molecule has 0 bridgehead atoms. The van der Waals surface area contributed by atoms with Gasteiger partial charge in [-0.05, 0) is 17.3 Å². The standard InChI is InChI=1S/C15H13N7O3/c23-12(17-19-15(25)11-7-4-8-16-14(11)24)9-22-20-13(18-21-22)10-5-2-1-3-6-10/h1-8H,9H2,(H,16,24)(H,17,23)(H,19,25). The van der Waals surface area contributed by atoms with Crippen LogP contribution in [0.4, 0.5) is 0 Å². The molecule has 10 heteroatoms. The maximum Gasteiger partial charge on any atom is 0.275 e. The minimum Gasteiger partial charge on any atom is -0.328 e. The van der Waals surface area contributed by atoms with E-state index in [1.807, 2.05) is 30.3 Å². The van der Waals surface area contributed by atoms with E-state index in [1.165, 1.54) is 18.3 Å². The Bertz CT molecular complexity index is 949. The fourth-order valence-electron chi connectivity index (χ4n) is 1.98. The van der Waals surface area contributed by atoms with Gasteiger partial charge in [0.1, 0.15) is 12.1 Å². The van der Waals surface area contributed by atoms with Crippen molar-refractivity contribution in [1.29, 1.82) is 0 Å². The smallest absolute Gasteiger partial charge is 0.275 e. The van der Waals surface area contributed by atoms with E-state index in [0.29, 0.717) is 5.82 Å². The summed E-state index contributed by atoms with van der Waals surface area (Å²) in [6.07, 6.45) is 1.40. The molecule has 3 rings (SSSR count). The number of nitrogens with one attached hydrogen (secondary N) is 3. The number of hydrogen-bond acceptors (Lipinski definition) is 6. The molecule has 0 aliphatic carbocycles. The predicted molar refractivity (Wildman–Crippen MR) is 85.9 cm³/mol. The molecule has 3 N–H and O–H groups in total. The second kappa shape index (κ2) is 7.17. The minimum atomic E-state index is -0.730. The summed E-state index contributed by atoms with van der Waals surface area (Å²) in [5.74, 6) is -0.919. The first-order chi connectivity index (χ1) is 12.1. The highest BCUT2D eigenvalue weighted by Crippen LogP contribution is 2.11. The monoisotopic (exact) mass is 339 g/mol. The maximum absolute atomic E-state index is 11.8. The Morgan fingerprint density at radius 3 is 2.64 bits per heavy atom. The van der Waals surface area contributed by atoms with Gasteiger partial charge in [0.25, 0.3) is 17.4 Å². The quantitative estimate of drug-likeness (QED) is 0.548. The molecule has 0 radical (unpaired) electrons. The van der Waals surface area contributed by atoms with E-state index in [2.05, 4.69) is 31.2 Å². The number of hydrazine groups is 1. The van der Waals surface area contributed by atoms with Crippen molar-refractivity contribution in [3.05, 3.63) is 64.6 Å². The Hall–Kier alpha value is -3.82. The number of H-pyrrole nitrogens is 1. The van der Waals surface area contributed by atoms with Crippen molar-refractivity contribution in [3.8, 4) is 11.4 Å². The van der Waals surface area contributed by atoms with Crippen molar-refractivity contribution in [2.24, 2.45) is 0 Å². The molecule has 2 aromatic heterocycles. The third kappa shape index (κ3) is 3.93. The van der Waals surface area contributed by atoms with Gasteiger partial charge in [-0.15, -0.1) is 10.2 Å². The van der Waals surface area contributed by atoms with Crippen LogP contribution in [-0.2, 0) is 11.3 Å². The molecule has 2 heterocycles. The van der Waals surface area contributed by atoms with Crippen LogP contribution < -0.4 is 16.4 Å². The van der Waals surface area contributed by atoms with Gasteiger partial charge in [-0.3, -0.25) is 25.2 Å². The summed E-state index contributed by atoms with van der Waals surface area (Å²) in [7, 11) is 0. The van der Waals surface area contributed by atoms with E-state index >= 15 is 0 Å². The van der Waals surface area contributed by atoms with Crippen LogP contribution in [-0.4, -0.2) is 37.0 Å². The van der Waals surface area contributed by atoms with Crippen molar-refractivity contribution >= 4 is 11.8 Å². The fourth-order valence-corrected chi connectivity index (χ4v) is 1.98. The first-order valence-corrected chi connectivity index (χ1v) is 7.23. The van der Waals surface area contributed by atoms with Gasteiger partial charge in [0.05, 0.1) is 0 Å². The van der Waals surface area contributed by atoms with Crippen molar-refractivity contribution in [1.82, 2.24) is 36.0 Å². The van der Waals surface area contributed by atoms with Gasteiger partial charge in [-0.2, -0.15) is 4.80 Å². The van der Waals surface area contributed by atoms with Crippen LogP contribution in [0.5, 0.6) is 0 Å². The first kappa shape index (κ1) is 16.1. The molecule has 25 heavy (non-hydrogen) atoms. The third-order valence-corrected chi connectivity index (χ3v) is 3.15. The minimum absolute atomic E-state index is 0.118. The van der Waals surface area contributed by atoms with Crippen LogP contribution in [0.1, 0.15) is 10.4 Å². The first-order valence-electron chi connectivity index (χ1n) is 7.23. The van der Waals surface area contributed by atoms with Crippen molar-refractivity contribution in [3.63, 3.8) is 0 Å². The van der Waals surface area contributed by atoms with E-state index in [4.69, 9.17) is 0 Å². The molecule has 0 fully saturated rings. The molecule has 0 aliphatic heterocycles. The van der Waals surface area contributed by atoms with Crippen LogP contribution >= 0.6 is 0 Å². The van der Waals surface area contributed by atoms with Crippen molar-refractivity contribution < 1.29 is 9.59 Å². The molecular formula is C15H13N7O3. The molecule has 1 aromatic carbocycles. The van der Waals surface area contributed by atoms with Gasteiger partial charge in [0, 0.05) is 11.8 Å². The number of carbonyl (C=O) groups is 2. The van der Waals surface area contributed by atoms with Crippen LogP contribution in [0, 0.1) is 0 Å². The number of pyridine rings is 1. The molecule has 10 nitrogen and oxygen atoms in total. The molecule has 3 aromatic rings. The van der Waals surface area contributed by atoms with Gasteiger partial charge in [0.15, 0.2) is 0 Å². The number of aromatic nitrogens is 5. The number of tetrazole rings is 1. The average Bonchev–Trinajstić information content (AvgIpc) is 3.09. The number of amides is 2. The highest BCUT2D eigenvalue weighted by atomic mass is 16.2. The summed E-state index contributed by atoms with van der Waals surface area (Å²) < 4.78 is 0. The summed E-state index contributed by atoms with van der Waals surface area (Å²) in [5.41, 5.74) is 4.43. The highest BCUT2D eigenvalue weighted by Gasteiger charge is 2.12. The zero-order valence-corrected chi connectivity index (χ0v) is 12.8. The number of rotatable bonds is 4. The maximum atomic E-state index is 11.8. The van der Waals surface area contributed by atoms with Crippen molar-refractivity contribution in [2.75, 3.05) is 0 Å². The Morgan fingerprint density at radius 1 is 1.08 bits per heavy atom. The molecule has 126 valence electrons. The Morgan fingerprint density at radius 2 is 1.88 bits per heavy atom. The van der Waals surface area contributed by atoms with Crippen LogP contribution in [0.25, 0.3) is 11.4 Å². The van der Waals surface area contributed by atoms with Gasteiger partial charge < -0.3 is 4.98 Å². The Balaban J connectivity index is 1.57. The number of hydrogen-bond donors (Lipinski definition) is 3. The zero-order valence-electron chi connectivity index (χ0n) is 12.8. The molecule has 0 saturated carbocycles. The summed E-state index contributed by atoms with van der Waals surface area (Å²) in [4.78, 5) is 38.6. The molecule has 0 atom stereocenters. The summed E-state index contributed by atoms with van der Waals surface area (Å²) in [6, 6.07) is 12.0. The lowest BCUT2D eigenvalue weighted by Crippen LogP contribution is -2.44. The number of benzene rings is 1. The van der Waals surface area contributed by atoms with Crippen molar-refractivity contribution in [2.45, 2.75) is 6.54 Å². The fraction of sp³-hybridized carbons (Fsp3) is 0.0667. The molecule has 2 amide bonds. The van der Waals surface area contributed by atoms with E-state index in [0.717, 1.165) is 10.4 Å². The van der Waals surface area contributed by atoms with Gasteiger partial charge in [-0.1, -0.05) is 30.3 Å². The molecule has 0 spiro atoms. The van der Waals surface area contributed by atoms with E-state index in [-0.39, 0.29) is 12.1 Å². The summed E-state index contributed by atoms with van der Waals surface area (Å²) in [5, 5.41) is 11.7. The number of aromatic amines is 1. The second-order valence-electron chi connectivity index (χ2n) is 4.92. The van der Waals surface area contributed by atoms with E-state index < -0.39 is 17.4 Å². The van der Waals surface area contributed by atoms with E-state index in [9.17, 15) is 14.4 Å². The van der Waals surface area contributed by atoms with Gasteiger partial charge in [0.2, 0.25) is 5.82 Å². The molecule has 0 saturated heterocycles. The normalized spacial score (nSPS) is 10.2. The highest BCUT2D eigenvalue weighted by molar-refractivity contribution is 5.94. The topological polar surface area (TPSA) is 135 Å². The van der Waals surface area contributed by atoms with Crippen LogP contribution in [0.2, 0.25) is 0 Å². The Labute approximate surface area is 140 Å². The SMILES string of the molecule is O=C(Cn1nnc(-c2ccccc2)n1)NNC(=O)c1ccc[nH]c1=O. The van der Waals surface area contributed by atoms with E-state index in [1.54, 1.807) is 0 Å². The summed E-state index contributed by atoms with van der Waals surface area (Å²) >= 11 is 0. The van der Waals surface area contributed by atoms with Crippen LogP contribution in [0.15, 0.2) is 53.5 Å². The molecule has 0 unspecified atom stereocenters. The second-order valence-corrected chi connectivity index (χ2v) is 4.92. The number of nitrogens with zero attached hydrogens (tertiary/aromatic N) is 4. The lowest BCUT2D eigenvalue weighted by molar-refractivity contribution is -0.122. The lowest BCUT2D eigenvalue weighted by Gasteiger charge is -2.06. The Kier molecular flexibility index (Phi) is 4.60. The number of carbonyl (C=O) groups excluding carboxylic acids is 2. The van der Waals surface area contributed by atoms with Crippen LogP contribution in [0.3, 0.4) is 0 Å². The zero-order chi connectivity index (χ0) is 17.6. The summed E-state index contributed by atoms with van der Waals surface area (Å²) in [6.45, 7) is -0.245. The molecular weight excluding hydrogens is 326 g/mol. The van der Waals surface area contributed by atoms with Gasteiger partial charge in [-0.25, -0.2) is 0 Å². The molecule has 0 aliphatic rings. The lowest BCUT2D eigenvalue weighted by atomic mass is 10.2. The average molecular weight is 339 g/mol. The third-order valence-electron chi connectivity index (χ3n) is 3.15. The van der Waals surface area contributed by atoms with Gasteiger partial charge >= 0.3 is 0 Å².